The van der Waals surface area contributed by atoms with Crippen LogP contribution in [0.4, 0.5) is 0 Å². The lowest BCUT2D eigenvalue weighted by Crippen LogP contribution is -2.33. The Kier molecular flexibility index (Phi) is 5.88. The van der Waals surface area contributed by atoms with Crippen molar-refractivity contribution in [2.45, 2.75) is 45.6 Å². The summed E-state index contributed by atoms with van der Waals surface area (Å²) in [6, 6.07) is 0.468. The van der Waals surface area contributed by atoms with Crippen molar-refractivity contribution in [3.05, 3.63) is 0 Å². The Bertz CT molecular complexity index is 188. The van der Waals surface area contributed by atoms with Gasteiger partial charge in [-0.2, -0.15) is 0 Å². The quantitative estimate of drug-likeness (QED) is 0.698. The maximum atomic E-state index is 10.8. The molecule has 2 N–H and O–H groups in total. The van der Waals surface area contributed by atoms with E-state index in [-0.39, 0.29) is 5.78 Å². The fourth-order valence-electron chi connectivity index (χ4n) is 2.08. The Hall–Kier alpha value is -0.410. The third-order valence-electron chi connectivity index (χ3n) is 3.11. The van der Waals surface area contributed by atoms with Gasteiger partial charge in [0.1, 0.15) is 5.78 Å². The van der Waals surface area contributed by atoms with E-state index in [1.807, 2.05) is 0 Å². The van der Waals surface area contributed by atoms with Crippen LogP contribution in [0.25, 0.3) is 0 Å². The summed E-state index contributed by atoms with van der Waals surface area (Å²) in [6.07, 6.45) is 5.14. The molecule has 1 saturated heterocycles. The molecule has 1 heterocycles. The summed E-state index contributed by atoms with van der Waals surface area (Å²) in [7, 11) is 0. The molecule has 3 heteroatoms. The first-order valence-corrected chi connectivity index (χ1v) is 6.12. The van der Waals surface area contributed by atoms with E-state index < -0.39 is 0 Å². The highest BCUT2D eigenvalue weighted by Gasteiger charge is 2.13. The van der Waals surface area contributed by atoms with Crippen LogP contribution in [0, 0.1) is 5.92 Å². The summed E-state index contributed by atoms with van der Waals surface area (Å²) in [5.41, 5.74) is 0. The standard InChI is InChI=1S/C12H24N2O/c1-10(14-8-11(2)15)5-6-12-4-3-7-13-9-12/h10,12-14H,3-9H2,1-2H3. The molecule has 1 rings (SSSR count). The monoisotopic (exact) mass is 212 g/mol. The molecule has 1 aliphatic heterocycles. The van der Waals surface area contributed by atoms with Crippen molar-refractivity contribution >= 4 is 5.78 Å². The lowest BCUT2D eigenvalue weighted by Gasteiger charge is -2.24. The SMILES string of the molecule is CC(=O)CNC(C)CCC1CCCNC1. The second-order valence-electron chi connectivity index (χ2n) is 4.77. The molecule has 0 bridgehead atoms. The minimum atomic E-state index is 0.223. The second-order valence-corrected chi connectivity index (χ2v) is 4.77. The number of hydrogen-bond donors (Lipinski definition) is 2. The molecule has 0 amide bonds. The van der Waals surface area contributed by atoms with Crippen molar-refractivity contribution in [1.29, 1.82) is 0 Å². The van der Waals surface area contributed by atoms with Gasteiger partial charge in [0.25, 0.3) is 0 Å². The topological polar surface area (TPSA) is 41.1 Å². The maximum absolute atomic E-state index is 10.8. The number of piperidine rings is 1. The zero-order chi connectivity index (χ0) is 11.1. The minimum Gasteiger partial charge on any atom is -0.316 e. The first kappa shape index (κ1) is 12.7. The van der Waals surface area contributed by atoms with Crippen molar-refractivity contribution < 1.29 is 4.79 Å². The van der Waals surface area contributed by atoms with Gasteiger partial charge in [-0.3, -0.25) is 4.79 Å². The number of nitrogens with one attached hydrogen (secondary N) is 2. The predicted molar refractivity (Wildman–Crippen MR) is 63.0 cm³/mol. The van der Waals surface area contributed by atoms with Crippen molar-refractivity contribution in [2.75, 3.05) is 19.6 Å². The number of Topliss-reactive ketones (excluding diaryl/α,β-unsaturated/α-hetero) is 1. The number of carbonyl (C=O) groups excluding carboxylic acids is 1. The zero-order valence-electron chi connectivity index (χ0n) is 10.0. The third kappa shape index (κ3) is 5.90. The van der Waals surface area contributed by atoms with Gasteiger partial charge in [-0.05, 0) is 58.5 Å². The summed E-state index contributed by atoms with van der Waals surface area (Å²) in [6.45, 7) is 6.68. The molecule has 0 radical (unpaired) electrons. The Morgan fingerprint density at radius 1 is 1.60 bits per heavy atom. The fourth-order valence-corrected chi connectivity index (χ4v) is 2.08. The minimum absolute atomic E-state index is 0.223. The average Bonchev–Trinajstić information content (AvgIpc) is 2.25. The van der Waals surface area contributed by atoms with Gasteiger partial charge in [-0.15, -0.1) is 0 Å². The van der Waals surface area contributed by atoms with Crippen molar-refractivity contribution in [3.63, 3.8) is 0 Å². The molecule has 0 aliphatic carbocycles. The third-order valence-corrected chi connectivity index (χ3v) is 3.11. The molecule has 0 saturated carbocycles. The van der Waals surface area contributed by atoms with Crippen LogP contribution in [0.2, 0.25) is 0 Å². The molecular weight excluding hydrogens is 188 g/mol. The molecule has 2 atom stereocenters. The largest absolute Gasteiger partial charge is 0.316 e. The molecule has 1 aliphatic rings. The van der Waals surface area contributed by atoms with Crippen molar-refractivity contribution in [3.8, 4) is 0 Å². The molecule has 88 valence electrons. The van der Waals surface area contributed by atoms with Gasteiger partial charge in [0.15, 0.2) is 0 Å². The Morgan fingerprint density at radius 3 is 3.00 bits per heavy atom. The van der Waals surface area contributed by atoms with Crippen LogP contribution in [-0.2, 0) is 4.79 Å². The molecular formula is C12H24N2O. The van der Waals surface area contributed by atoms with Crippen LogP contribution in [0.5, 0.6) is 0 Å². The predicted octanol–water partition coefficient (Wildman–Crippen LogP) is 1.33. The Labute approximate surface area is 93.0 Å². The van der Waals surface area contributed by atoms with E-state index in [4.69, 9.17) is 0 Å². The number of ketones is 1. The molecule has 0 spiro atoms. The highest BCUT2D eigenvalue weighted by Crippen LogP contribution is 2.16. The summed E-state index contributed by atoms with van der Waals surface area (Å²) < 4.78 is 0. The highest BCUT2D eigenvalue weighted by molar-refractivity contribution is 5.77. The zero-order valence-corrected chi connectivity index (χ0v) is 10.0. The Balaban J connectivity index is 2.04. The summed E-state index contributed by atoms with van der Waals surface area (Å²) in [5, 5.41) is 6.69. The average molecular weight is 212 g/mol. The van der Waals surface area contributed by atoms with E-state index in [2.05, 4.69) is 17.6 Å². The highest BCUT2D eigenvalue weighted by atomic mass is 16.1. The molecule has 2 unspecified atom stereocenters. The van der Waals surface area contributed by atoms with Crippen LogP contribution in [-0.4, -0.2) is 31.5 Å². The molecule has 0 aromatic heterocycles. The number of carbonyl (C=O) groups is 1. The number of rotatable bonds is 6. The van der Waals surface area contributed by atoms with Crippen molar-refractivity contribution in [2.24, 2.45) is 5.92 Å². The molecule has 15 heavy (non-hydrogen) atoms. The van der Waals surface area contributed by atoms with E-state index in [1.54, 1.807) is 6.92 Å². The van der Waals surface area contributed by atoms with Gasteiger partial charge in [0.2, 0.25) is 0 Å². The Morgan fingerprint density at radius 2 is 2.40 bits per heavy atom. The molecule has 0 aromatic rings. The van der Waals surface area contributed by atoms with E-state index >= 15 is 0 Å². The van der Waals surface area contributed by atoms with Crippen molar-refractivity contribution in [1.82, 2.24) is 10.6 Å². The maximum Gasteiger partial charge on any atom is 0.143 e. The van der Waals surface area contributed by atoms with E-state index in [0.29, 0.717) is 12.6 Å². The first-order valence-electron chi connectivity index (χ1n) is 6.12. The van der Waals surface area contributed by atoms with Crippen LogP contribution >= 0.6 is 0 Å². The van der Waals surface area contributed by atoms with Gasteiger partial charge in [-0.1, -0.05) is 0 Å². The van der Waals surface area contributed by atoms with Crippen LogP contribution in [0.15, 0.2) is 0 Å². The summed E-state index contributed by atoms with van der Waals surface area (Å²) in [5.74, 6) is 1.07. The van der Waals surface area contributed by atoms with Gasteiger partial charge in [0, 0.05) is 6.04 Å². The fraction of sp³-hybridized carbons (Fsp3) is 0.917. The molecule has 3 nitrogen and oxygen atoms in total. The van der Waals surface area contributed by atoms with Crippen LogP contribution < -0.4 is 10.6 Å². The second kappa shape index (κ2) is 6.96. The number of hydrogen-bond acceptors (Lipinski definition) is 3. The van der Waals surface area contributed by atoms with Gasteiger partial charge < -0.3 is 10.6 Å². The van der Waals surface area contributed by atoms with E-state index in [0.717, 1.165) is 5.92 Å². The van der Waals surface area contributed by atoms with Gasteiger partial charge in [-0.25, -0.2) is 0 Å². The summed E-state index contributed by atoms with van der Waals surface area (Å²) >= 11 is 0. The summed E-state index contributed by atoms with van der Waals surface area (Å²) in [4.78, 5) is 10.8. The van der Waals surface area contributed by atoms with Gasteiger partial charge >= 0.3 is 0 Å². The molecule has 1 fully saturated rings. The molecule has 0 aromatic carbocycles. The smallest absolute Gasteiger partial charge is 0.143 e. The lowest BCUT2D eigenvalue weighted by molar-refractivity contribution is -0.116. The lowest BCUT2D eigenvalue weighted by atomic mass is 9.93. The van der Waals surface area contributed by atoms with E-state index in [9.17, 15) is 4.79 Å². The normalized spacial score (nSPS) is 23.7. The van der Waals surface area contributed by atoms with Gasteiger partial charge in [0.05, 0.1) is 6.54 Å². The van der Waals surface area contributed by atoms with Crippen LogP contribution in [0.1, 0.15) is 39.5 Å². The van der Waals surface area contributed by atoms with E-state index in [1.165, 1.54) is 38.8 Å². The first-order chi connectivity index (χ1) is 7.18. The van der Waals surface area contributed by atoms with Crippen LogP contribution in [0.3, 0.4) is 0 Å².